The van der Waals surface area contributed by atoms with Crippen molar-refractivity contribution in [1.29, 1.82) is 0 Å². The minimum Gasteiger partial charge on any atom is -0.733 e. The first kappa shape index (κ1) is 22.4. The van der Waals surface area contributed by atoms with Crippen LogP contribution in [0.1, 0.15) is 28.4 Å². The predicted molar refractivity (Wildman–Crippen MR) is 119 cm³/mol. The molecule has 1 aromatic heterocycles. The highest BCUT2D eigenvalue weighted by molar-refractivity contribution is 6.68. The molecule has 2 aliphatic rings. The molecule has 1 fully saturated rings. The van der Waals surface area contributed by atoms with Crippen molar-refractivity contribution >= 4 is 46.4 Å². The number of amides is 1. The molecule has 2 aliphatic heterocycles. The lowest BCUT2D eigenvalue weighted by Crippen LogP contribution is -2.60. The number of anilines is 1. The first-order valence-corrected chi connectivity index (χ1v) is 10.8. The van der Waals surface area contributed by atoms with E-state index in [-0.39, 0.29) is 33.9 Å². The molecule has 2 bridgehead atoms. The average Bonchev–Trinajstić information content (AvgIpc) is 2.71. The van der Waals surface area contributed by atoms with E-state index in [1.54, 1.807) is 22.8 Å². The van der Waals surface area contributed by atoms with E-state index in [1.807, 2.05) is 11.0 Å². The van der Waals surface area contributed by atoms with Crippen LogP contribution in [0.5, 0.6) is 0 Å². The van der Waals surface area contributed by atoms with Gasteiger partial charge in [-0.1, -0.05) is 53.0 Å². The van der Waals surface area contributed by atoms with Crippen LogP contribution >= 0.6 is 34.8 Å². The maximum atomic E-state index is 12.9. The maximum absolute atomic E-state index is 12.9. The SMILES string of the molecule is O=C(NC(N1CC2CC(C1)c1cccc(=O)n1C2)C(Cl)(Cl)Cl)c1ccccc1N([O-])O. The second kappa shape index (κ2) is 8.61. The number of pyridine rings is 1. The molecule has 0 saturated carbocycles. The number of likely N-dealkylation sites (tertiary alicyclic amines) is 1. The van der Waals surface area contributed by atoms with Gasteiger partial charge in [0.05, 0.1) is 11.3 Å². The Bertz CT molecular complexity index is 1040. The Hall–Kier alpha value is -1.81. The molecule has 2 N–H and O–H groups in total. The quantitative estimate of drug-likeness (QED) is 0.509. The Morgan fingerprint density at radius 3 is 2.61 bits per heavy atom. The maximum Gasteiger partial charge on any atom is 0.254 e. The summed E-state index contributed by atoms with van der Waals surface area (Å²) in [4.78, 5) is 27.1. The molecule has 0 radical (unpaired) electrons. The minimum absolute atomic E-state index is 0.0327. The van der Waals surface area contributed by atoms with Crippen molar-refractivity contribution in [2.24, 2.45) is 5.92 Å². The van der Waals surface area contributed by atoms with Crippen LogP contribution in [0.3, 0.4) is 0 Å². The Morgan fingerprint density at radius 2 is 1.90 bits per heavy atom. The van der Waals surface area contributed by atoms with Gasteiger partial charge in [0.2, 0.25) is 3.79 Å². The summed E-state index contributed by atoms with van der Waals surface area (Å²) in [5.41, 5.74) is 0.630. The molecule has 166 valence electrons. The summed E-state index contributed by atoms with van der Waals surface area (Å²) in [5, 5.41) is 23.0. The zero-order valence-corrected chi connectivity index (χ0v) is 18.5. The summed E-state index contributed by atoms with van der Waals surface area (Å²) in [6.45, 7) is 1.56. The Kier molecular flexibility index (Phi) is 6.22. The molecule has 0 spiro atoms. The second-order valence-corrected chi connectivity index (χ2v) is 10.2. The second-order valence-electron chi connectivity index (χ2n) is 7.86. The number of benzene rings is 1. The zero-order chi connectivity index (χ0) is 22.3. The van der Waals surface area contributed by atoms with Crippen LogP contribution in [0.15, 0.2) is 47.3 Å². The Morgan fingerprint density at radius 1 is 1.16 bits per heavy atom. The molecule has 31 heavy (non-hydrogen) atoms. The molecule has 3 heterocycles. The normalized spacial score (nSPS) is 21.8. The summed E-state index contributed by atoms with van der Waals surface area (Å²) < 4.78 is -0.0671. The number of rotatable bonds is 4. The number of aromatic nitrogens is 1. The van der Waals surface area contributed by atoms with E-state index in [1.165, 1.54) is 18.2 Å². The molecule has 3 unspecified atom stereocenters. The minimum atomic E-state index is -1.86. The third-order valence-electron chi connectivity index (χ3n) is 5.81. The lowest BCUT2D eigenvalue weighted by Gasteiger charge is -2.47. The van der Waals surface area contributed by atoms with Crippen molar-refractivity contribution in [3.63, 3.8) is 0 Å². The molecule has 8 nitrogen and oxygen atoms in total. The fraction of sp³-hybridized carbons (Fsp3) is 0.400. The highest BCUT2D eigenvalue weighted by Crippen LogP contribution is 2.40. The predicted octanol–water partition coefficient (Wildman–Crippen LogP) is 3.09. The third kappa shape index (κ3) is 4.55. The van der Waals surface area contributed by atoms with Gasteiger partial charge in [-0.05, 0) is 30.5 Å². The fourth-order valence-electron chi connectivity index (χ4n) is 4.56. The number of nitrogens with zero attached hydrogens (tertiary/aromatic N) is 3. The van der Waals surface area contributed by atoms with Crippen LogP contribution in [0.25, 0.3) is 0 Å². The van der Waals surface area contributed by atoms with E-state index >= 15 is 0 Å². The van der Waals surface area contributed by atoms with Crippen LogP contribution in [-0.4, -0.2) is 43.6 Å². The first-order chi connectivity index (χ1) is 14.6. The number of piperidine rings is 1. The van der Waals surface area contributed by atoms with Crippen LogP contribution in [0.2, 0.25) is 0 Å². The van der Waals surface area contributed by atoms with Gasteiger partial charge in [0.15, 0.2) is 0 Å². The molecular weight excluding hydrogens is 467 g/mol. The van der Waals surface area contributed by atoms with Gasteiger partial charge in [0.1, 0.15) is 6.17 Å². The van der Waals surface area contributed by atoms with Crippen LogP contribution < -0.4 is 16.1 Å². The zero-order valence-electron chi connectivity index (χ0n) is 16.2. The molecule has 3 atom stereocenters. The van der Waals surface area contributed by atoms with Gasteiger partial charge in [0, 0.05) is 37.3 Å². The number of halogens is 3. The molecule has 1 saturated heterocycles. The van der Waals surface area contributed by atoms with Gasteiger partial charge in [-0.2, -0.15) is 0 Å². The average molecular weight is 487 g/mol. The lowest BCUT2D eigenvalue weighted by molar-refractivity contribution is 0.0586. The third-order valence-corrected chi connectivity index (χ3v) is 6.43. The van der Waals surface area contributed by atoms with Crippen LogP contribution in [0, 0.1) is 11.1 Å². The number of nitrogens with one attached hydrogen (secondary N) is 1. The monoisotopic (exact) mass is 485 g/mol. The molecule has 11 heteroatoms. The van der Waals surface area contributed by atoms with Gasteiger partial charge >= 0.3 is 0 Å². The number of alkyl halides is 3. The Labute approximate surface area is 193 Å². The number of hydrogen-bond acceptors (Lipinski definition) is 6. The summed E-state index contributed by atoms with van der Waals surface area (Å²) >= 11 is 18.7. The standard InChI is InChI=1S/C20H20Cl3N4O4/c21-20(22,23)19(24-18(29)14-4-1-2-5-16(14)27(30)31)25-9-12-8-13(11-25)15-6-3-7-17(28)26(15)10-12/h1-7,12-13,19,30H,8-11H2,(H,24,29)/q-1. The van der Waals surface area contributed by atoms with Gasteiger partial charge in [-0.3, -0.25) is 19.7 Å². The number of fused-ring (bicyclic) bond motifs is 4. The number of carbonyl (C=O) groups is 1. The van der Waals surface area contributed by atoms with Crippen molar-refractivity contribution < 1.29 is 10.0 Å². The summed E-state index contributed by atoms with van der Waals surface area (Å²) in [6.07, 6.45) is -0.0805. The molecule has 1 aromatic carbocycles. The van der Waals surface area contributed by atoms with E-state index in [9.17, 15) is 20.0 Å². The summed E-state index contributed by atoms with van der Waals surface area (Å²) in [5.74, 6) is -0.454. The molecule has 2 aromatic rings. The molecule has 4 rings (SSSR count). The fourth-order valence-corrected chi connectivity index (χ4v) is 5.14. The molecule has 1 amide bonds. The van der Waals surface area contributed by atoms with E-state index in [0.717, 1.165) is 12.1 Å². The molecular formula is C20H20Cl3N4O4-. The Balaban J connectivity index is 1.60. The van der Waals surface area contributed by atoms with E-state index in [4.69, 9.17) is 34.8 Å². The first-order valence-electron chi connectivity index (χ1n) is 9.71. The van der Waals surface area contributed by atoms with Crippen LogP contribution in [-0.2, 0) is 6.54 Å². The van der Waals surface area contributed by atoms with E-state index in [0.29, 0.717) is 19.6 Å². The summed E-state index contributed by atoms with van der Waals surface area (Å²) in [6, 6.07) is 11.0. The van der Waals surface area contributed by atoms with Crippen molar-refractivity contribution in [3.05, 3.63) is 69.3 Å². The van der Waals surface area contributed by atoms with Crippen molar-refractivity contribution in [1.82, 2.24) is 14.8 Å². The van der Waals surface area contributed by atoms with E-state index in [2.05, 4.69) is 5.32 Å². The van der Waals surface area contributed by atoms with Gasteiger partial charge in [-0.15, -0.1) is 0 Å². The number of carbonyl (C=O) groups excluding carboxylic acids is 1. The summed E-state index contributed by atoms with van der Waals surface area (Å²) in [7, 11) is 0. The van der Waals surface area contributed by atoms with E-state index < -0.39 is 15.9 Å². The van der Waals surface area contributed by atoms with Gasteiger partial charge < -0.3 is 20.3 Å². The van der Waals surface area contributed by atoms with Crippen molar-refractivity contribution in [2.75, 3.05) is 18.3 Å². The highest BCUT2D eigenvalue weighted by atomic mass is 35.6. The molecule has 0 aliphatic carbocycles. The van der Waals surface area contributed by atoms with Crippen molar-refractivity contribution in [2.45, 2.75) is 28.8 Å². The number of hydrogen-bond donors (Lipinski definition) is 2. The van der Waals surface area contributed by atoms with Gasteiger partial charge in [0.25, 0.3) is 11.5 Å². The van der Waals surface area contributed by atoms with Gasteiger partial charge in [-0.25, -0.2) is 0 Å². The largest absolute Gasteiger partial charge is 0.733 e. The topological polar surface area (TPSA) is 101 Å². The number of para-hydroxylation sites is 1. The van der Waals surface area contributed by atoms with Crippen molar-refractivity contribution in [3.8, 4) is 0 Å². The lowest BCUT2D eigenvalue weighted by atomic mass is 9.83. The highest BCUT2D eigenvalue weighted by Gasteiger charge is 2.44. The van der Waals surface area contributed by atoms with Crippen LogP contribution in [0.4, 0.5) is 5.69 Å². The smallest absolute Gasteiger partial charge is 0.254 e.